The molecule has 5 heteroatoms. The fraction of sp³-hybridized carbons (Fsp3) is 0.500. The molecule has 0 bridgehead atoms. The third kappa shape index (κ3) is 3.57. The van der Waals surface area contributed by atoms with Crippen molar-refractivity contribution in [2.75, 3.05) is 20.3 Å². The largest absolute Gasteiger partial charge is 0.492 e. The summed E-state index contributed by atoms with van der Waals surface area (Å²) in [7, 11) is 1.80. The van der Waals surface area contributed by atoms with Crippen molar-refractivity contribution < 1.29 is 9.84 Å². The Bertz CT molecular complexity index is 360. The lowest BCUT2D eigenvalue weighted by molar-refractivity contribution is 0.240. The molecule has 2 atom stereocenters. The van der Waals surface area contributed by atoms with E-state index in [4.69, 9.17) is 27.2 Å². The zero-order valence-electron chi connectivity index (χ0n) is 10.1. The highest BCUT2D eigenvalue weighted by atomic mass is 35.5. The number of hydrogen-bond acceptors (Lipinski definition) is 4. The van der Waals surface area contributed by atoms with E-state index in [1.54, 1.807) is 7.05 Å². The predicted octanol–water partition coefficient (Wildman–Crippen LogP) is 1.32. The molecule has 0 aliphatic rings. The summed E-state index contributed by atoms with van der Waals surface area (Å²) in [5.41, 5.74) is 6.75. The van der Waals surface area contributed by atoms with Crippen LogP contribution >= 0.6 is 11.6 Å². The second-order valence-electron chi connectivity index (χ2n) is 3.74. The zero-order chi connectivity index (χ0) is 12.8. The van der Waals surface area contributed by atoms with E-state index < -0.39 is 0 Å². The molecule has 96 valence electrons. The Morgan fingerprint density at radius 1 is 1.53 bits per heavy atom. The molecule has 0 saturated heterocycles. The summed E-state index contributed by atoms with van der Waals surface area (Å²) in [5, 5.41) is 12.7. The highest BCUT2D eigenvalue weighted by Crippen LogP contribution is 2.28. The van der Waals surface area contributed by atoms with Gasteiger partial charge in [-0.05, 0) is 31.7 Å². The van der Waals surface area contributed by atoms with Crippen LogP contribution in [-0.2, 0) is 0 Å². The number of hydrogen-bond donors (Lipinski definition) is 3. The number of nitrogens with two attached hydrogens (primary N) is 1. The number of ether oxygens (including phenoxy) is 1. The normalized spacial score (nSPS) is 14.4. The summed E-state index contributed by atoms with van der Waals surface area (Å²) in [6, 6.07) is 5.02. The van der Waals surface area contributed by atoms with Crippen LogP contribution in [0.3, 0.4) is 0 Å². The first kappa shape index (κ1) is 14.3. The first-order valence-electron chi connectivity index (χ1n) is 5.60. The molecule has 0 radical (unpaired) electrons. The van der Waals surface area contributed by atoms with Crippen LogP contribution < -0.4 is 15.8 Å². The van der Waals surface area contributed by atoms with Gasteiger partial charge in [0.05, 0.1) is 18.2 Å². The molecule has 4 nitrogen and oxygen atoms in total. The first-order chi connectivity index (χ1) is 8.13. The molecule has 0 fully saturated rings. The van der Waals surface area contributed by atoms with Crippen molar-refractivity contribution >= 4 is 11.6 Å². The molecule has 4 N–H and O–H groups in total. The molecule has 17 heavy (non-hydrogen) atoms. The SMILES string of the molecule is CCOc1ccc(C(NC)C(N)CO)cc1Cl. The Hall–Kier alpha value is -0.810. The molecule has 1 aromatic rings. The molecule has 0 aliphatic heterocycles. The van der Waals surface area contributed by atoms with Crippen molar-refractivity contribution in [2.45, 2.75) is 19.0 Å². The minimum Gasteiger partial charge on any atom is -0.492 e. The number of rotatable bonds is 6. The predicted molar refractivity (Wildman–Crippen MR) is 69.5 cm³/mol. The van der Waals surface area contributed by atoms with Crippen LogP contribution in [0.25, 0.3) is 0 Å². The third-order valence-electron chi connectivity index (χ3n) is 2.56. The van der Waals surface area contributed by atoms with E-state index in [0.29, 0.717) is 17.4 Å². The fourth-order valence-electron chi connectivity index (χ4n) is 1.72. The van der Waals surface area contributed by atoms with E-state index in [9.17, 15) is 0 Å². The first-order valence-corrected chi connectivity index (χ1v) is 5.97. The third-order valence-corrected chi connectivity index (χ3v) is 2.86. The van der Waals surface area contributed by atoms with Crippen LogP contribution in [-0.4, -0.2) is 31.4 Å². The number of aliphatic hydroxyl groups excluding tert-OH is 1. The van der Waals surface area contributed by atoms with Gasteiger partial charge in [-0.2, -0.15) is 0 Å². The molecule has 0 heterocycles. The topological polar surface area (TPSA) is 67.5 Å². The van der Waals surface area contributed by atoms with Crippen molar-refractivity contribution in [1.29, 1.82) is 0 Å². The van der Waals surface area contributed by atoms with Crippen LogP contribution in [0.5, 0.6) is 5.75 Å². The molecular formula is C12H19ClN2O2. The standard InChI is InChI=1S/C12H19ClN2O2/c1-3-17-11-5-4-8(6-9(11)13)12(15-2)10(14)7-16/h4-6,10,12,15-16H,3,7,14H2,1-2H3. The zero-order valence-corrected chi connectivity index (χ0v) is 10.9. The second-order valence-corrected chi connectivity index (χ2v) is 4.14. The van der Waals surface area contributed by atoms with Gasteiger partial charge in [-0.3, -0.25) is 0 Å². The van der Waals surface area contributed by atoms with Crippen LogP contribution in [0.4, 0.5) is 0 Å². The quantitative estimate of drug-likeness (QED) is 0.720. The van der Waals surface area contributed by atoms with Gasteiger partial charge in [0.1, 0.15) is 5.75 Å². The maximum atomic E-state index is 9.08. The number of benzene rings is 1. The molecule has 1 rings (SSSR count). The van der Waals surface area contributed by atoms with E-state index in [1.807, 2.05) is 25.1 Å². The monoisotopic (exact) mass is 258 g/mol. The Kier molecular flexibility index (Phi) is 5.71. The van der Waals surface area contributed by atoms with E-state index in [-0.39, 0.29) is 18.7 Å². The van der Waals surface area contributed by atoms with E-state index in [0.717, 1.165) is 5.56 Å². The van der Waals surface area contributed by atoms with Crippen LogP contribution in [0, 0.1) is 0 Å². The highest BCUT2D eigenvalue weighted by molar-refractivity contribution is 6.32. The Morgan fingerprint density at radius 2 is 2.24 bits per heavy atom. The van der Waals surface area contributed by atoms with Crippen molar-refractivity contribution in [3.63, 3.8) is 0 Å². The summed E-state index contributed by atoms with van der Waals surface area (Å²) < 4.78 is 5.36. The van der Waals surface area contributed by atoms with Gasteiger partial charge in [0.15, 0.2) is 0 Å². The lowest BCUT2D eigenvalue weighted by Crippen LogP contribution is -2.38. The lowest BCUT2D eigenvalue weighted by atomic mass is 10.0. The molecule has 1 aromatic carbocycles. The minimum atomic E-state index is -0.367. The summed E-state index contributed by atoms with van der Waals surface area (Å²) in [4.78, 5) is 0. The van der Waals surface area contributed by atoms with E-state index in [1.165, 1.54) is 0 Å². The van der Waals surface area contributed by atoms with E-state index >= 15 is 0 Å². The maximum Gasteiger partial charge on any atom is 0.137 e. The Labute approximate surface area is 107 Å². The summed E-state index contributed by atoms with van der Waals surface area (Å²) in [6.07, 6.45) is 0. The minimum absolute atomic E-state index is 0.0870. The molecule has 0 aliphatic carbocycles. The van der Waals surface area contributed by atoms with Gasteiger partial charge in [-0.25, -0.2) is 0 Å². The van der Waals surface area contributed by atoms with Crippen LogP contribution in [0.2, 0.25) is 5.02 Å². The molecular weight excluding hydrogens is 240 g/mol. The maximum absolute atomic E-state index is 9.08. The summed E-state index contributed by atoms with van der Waals surface area (Å²) in [6.45, 7) is 2.39. The molecule has 0 aromatic heterocycles. The van der Waals surface area contributed by atoms with Gasteiger partial charge < -0.3 is 20.9 Å². The van der Waals surface area contributed by atoms with Gasteiger partial charge in [-0.15, -0.1) is 0 Å². The Balaban J connectivity index is 2.94. The highest BCUT2D eigenvalue weighted by Gasteiger charge is 2.18. The fourth-order valence-corrected chi connectivity index (χ4v) is 1.96. The van der Waals surface area contributed by atoms with Gasteiger partial charge in [0.25, 0.3) is 0 Å². The number of halogens is 1. The smallest absolute Gasteiger partial charge is 0.137 e. The van der Waals surface area contributed by atoms with Crippen LogP contribution in [0.1, 0.15) is 18.5 Å². The molecule has 0 spiro atoms. The van der Waals surface area contributed by atoms with Crippen molar-refractivity contribution in [3.8, 4) is 5.75 Å². The number of nitrogens with one attached hydrogen (secondary N) is 1. The van der Waals surface area contributed by atoms with Crippen molar-refractivity contribution in [1.82, 2.24) is 5.32 Å². The van der Waals surface area contributed by atoms with Crippen LogP contribution in [0.15, 0.2) is 18.2 Å². The van der Waals surface area contributed by atoms with Crippen molar-refractivity contribution in [3.05, 3.63) is 28.8 Å². The molecule has 0 saturated carbocycles. The average Bonchev–Trinajstić information content (AvgIpc) is 2.33. The number of likely N-dealkylation sites (N-methyl/N-ethyl adjacent to an activating group) is 1. The van der Waals surface area contributed by atoms with Gasteiger partial charge in [-0.1, -0.05) is 17.7 Å². The van der Waals surface area contributed by atoms with Gasteiger partial charge in [0, 0.05) is 12.1 Å². The second kappa shape index (κ2) is 6.81. The van der Waals surface area contributed by atoms with E-state index in [2.05, 4.69) is 5.32 Å². The summed E-state index contributed by atoms with van der Waals surface area (Å²) in [5.74, 6) is 0.658. The summed E-state index contributed by atoms with van der Waals surface area (Å²) >= 11 is 6.10. The van der Waals surface area contributed by atoms with Gasteiger partial charge >= 0.3 is 0 Å². The molecule has 0 amide bonds. The average molecular weight is 259 g/mol. The lowest BCUT2D eigenvalue weighted by Gasteiger charge is -2.22. The molecule has 2 unspecified atom stereocenters. The Morgan fingerprint density at radius 3 is 2.71 bits per heavy atom. The van der Waals surface area contributed by atoms with Gasteiger partial charge in [0.2, 0.25) is 0 Å². The number of aliphatic hydroxyl groups is 1. The van der Waals surface area contributed by atoms with Crippen molar-refractivity contribution in [2.24, 2.45) is 5.73 Å².